The van der Waals surface area contributed by atoms with Crippen molar-refractivity contribution >= 4 is 23.4 Å². The fraction of sp³-hybridized carbons (Fsp3) is 0.200. The van der Waals surface area contributed by atoms with Gasteiger partial charge in [-0.05, 0) is 24.6 Å². The van der Waals surface area contributed by atoms with Crippen molar-refractivity contribution in [1.82, 2.24) is 0 Å². The summed E-state index contributed by atoms with van der Waals surface area (Å²) in [6.45, 7) is 1.37. The molecule has 0 saturated carbocycles. The number of hydrogen-bond acceptors (Lipinski definition) is 2. The van der Waals surface area contributed by atoms with Crippen molar-refractivity contribution in [3.05, 3.63) is 35.4 Å². The highest BCUT2D eigenvalue weighted by Gasteiger charge is 2.14. The van der Waals surface area contributed by atoms with Gasteiger partial charge < -0.3 is 5.11 Å². The molecular weight excluding hydrogens is 204 g/mol. The monoisotopic (exact) mass is 212 g/mol. The molecule has 0 heterocycles. The fourth-order valence-electron chi connectivity index (χ4n) is 1.06. The molecule has 0 amide bonds. The Kier molecular flexibility index (Phi) is 3.25. The van der Waals surface area contributed by atoms with Crippen LogP contribution in [0.5, 0.6) is 0 Å². The molecule has 0 radical (unpaired) electrons. The zero-order valence-electron chi connectivity index (χ0n) is 7.53. The summed E-state index contributed by atoms with van der Waals surface area (Å²) in [7, 11) is 0. The Morgan fingerprint density at radius 2 is 2.07 bits per heavy atom. The van der Waals surface area contributed by atoms with Gasteiger partial charge in [0, 0.05) is 0 Å². The number of Topliss-reactive ketones (excluding diaryl/α,β-unsaturated/α-hetero) is 1. The van der Waals surface area contributed by atoms with Crippen LogP contribution in [0.4, 0.5) is 0 Å². The molecule has 0 aromatic heterocycles. The zero-order valence-corrected chi connectivity index (χ0v) is 8.28. The summed E-state index contributed by atoms with van der Waals surface area (Å²) < 4.78 is 0. The smallest absolute Gasteiger partial charge is 0.335 e. The molecule has 4 heteroatoms. The van der Waals surface area contributed by atoms with Gasteiger partial charge in [-0.1, -0.05) is 12.1 Å². The number of carbonyl (C=O) groups excluding carboxylic acids is 1. The Morgan fingerprint density at radius 1 is 1.43 bits per heavy atom. The van der Waals surface area contributed by atoms with Crippen LogP contribution in [0.15, 0.2) is 24.3 Å². The van der Waals surface area contributed by atoms with Gasteiger partial charge in [-0.25, -0.2) is 4.79 Å². The first kappa shape index (κ1) is 10.7. The lowest BCUT2D eigenvalue weighted by Gasteiger charge is -2.05. The van der Waals surface area contributed by atoms with Gasteiger partial charge in [0.1, 0.15) is 5.38 Å². The predicted octanol–water partition coefficient (Wildman–Crippen LogP) is 2.25. The van der Waals surface area contributed by atoms with Crippen molar-refractivity contribution in [1.29, 1.82) is 0 Å². The van der Waals surface area contributed by atoms with Crippen LogP contribution in [0, 0.1) is 0 Å². The first-order valence-corrected chi connectivity index (χ1v) is 4.44. The number of halogens is 1. The number of hydrogen-bond donors (Lipinski definition) is 1. The van der Waals surface area contributed by atoms with E-state index in [4.69, 9.17) is 16.7 Å². The average molecular weight is 213 g/mol. The summed E-state index contributed by atoms with van der Waals surface area (Å²) in [4.78, 5) is 21.6. The van der Waals surface area contributed by atoms with Crippen LogP contribution in [-0.4, -0.2) is 16.9 Å². The first-order valence-electron chi connectivity index (χ1n) is 4.00. The van der Waals surface area contributed by atoms with E-state index in [1.807, 2.05) is 0 Å². The number of alkyl halides is 1. The highest BCUT2D eigenvalue weighted by Crippen LogP contribution is 2.22. The van der Waals surface area contributed by atoms with Crippen molar-refractivity contribution in [2.24, 2.45) is 0 Å². The molecular formula is C10H9ClO3. The van der Waals surface area contributed by atoms with Gasteiger partial charge in [-0.2, -0.15) is 0 Å². The molecule has 74 valence electrons. The maximum Gasteiger partial charge on any atom is 0.335 e. The van der Waals surface area contributed by atoms with Crippen LogP contribution in [-0.2, 0) is 4.79 Å². The van der Waals surface area contributed by atoms with Crippen molar-refractivity contribution in [3.63, 3.8) is 0 Å². The number of ketones is 1. The van der Waals surface area contributed by atoms with Crippen LogP contribution in [0.1, 0.15) is 28.2 Å². The molecule has 1 rings (SSSR count). The minimum Gasteiger partial charge on any atom is -0.478 e. The summed E-state index contributed by atoms with van der Waals surface area (Å²) in [5, 5.41) is 7.93. The Morgan fingerprint density at radius 3 is 2.57 bits per heavy atom. The molecule has 0 fully saturated rings. The van der Waals surface area contributed by atoms with E-state index in [-0.39, 0.29) is 11.3 Å². The minimum absolute atomic E-state index is 0.134. The first-order chi connectivity index (χ1) is 6.52. The van der Waals surface area contributed by atoms with Gasteiger partial charge in [0.15, 0.2) is 5.78 Å². The normalized spacial score (nSPS) is 12.1. The predicted molar refractivity (Wildman–Crippen MR) is 52.7 cm³/mol. The van der Waals surface area contributed by atoms with Gasteiger partial charge in [0.25, 0.3) is 0 Å². The molecule has 1 N–H and O–H groups in total. The molecule has 0 bridgehead atoms. The molecule has 1 aromatic rings. The van der Waals surface area contributed by atoms with E-state index < -0.39 is 11.3 Å². The van der Waals surface area contributed by atoms with Crippen molar-refractivity contribution in [2.75, 3.05) is 0 Å². The fourth-order valence-corrected chi connectivity index (χ4v) is 1.20. The SMILES string of the molecule is CC(=O)C(Cl)c1cccc(C(=O)O)c1. The zero-order chi connectivity index (χ0) is 10.7. The highest BCUT2D eigenvalue weighted by molar-refractivity contribution is 6.30. The Bertz CT molecular complexity index is 373. The number of aromatic carboxylic acids is 1. The quantitative estimate of drug-likeness (QED) is 0.782. The lowest BCUT2D eigenvalue weighted by molar-refractivity contribution is -0.116. The Balaban J connectivity index is 3.05. The summed E-state index contributed by atoms with van der Waals surface area (Å²) in [5.74, 6) is -1.23. The molecule has 0 aliphatic carbocycles. The van der Waals surface area contributed by atoms with Gasteiger partial charge in [0.05, 0.1) is 5.56 Å². The summed E-state index contributed by atoms with van der Waals surface area (Å²) in [6.07, 6.45) is 0. The van der Waals surface area contributed by atoms with Crippen LogP contribution < -0.4 is 0 Å². The van der Waals surface area contributed by atoms with E-state index in [1.165, 1.54) is 19.1 Å². The van der Waals surface area contributed by atoms with E-state index in [0.29, 0.717) is 5.56 Å². The molecule has 1 aromatic carbocycles. The molecule has 0 aliphatic heterocycles. The number of carbonyl (C=O) groups is 2. The molecule has 1 atom stereocenters. The molecule has 14 heavy (non-hydrogen) atoms. The maximum atomic E-state index is 10.9. The van der Waals surface area contributed by atoms with Gasteiger partial charge in [-0.15, -0.1) is 11.6 Å². The van der Waals surface area contributed by atoms with E-state index in [1.54, 1.807) is 12.1 Å². The van der Waals surface area contributed by atoms with E-state index in [2.05, 4.69) is 0 Å². The van der Waals surface area contributed by atoms with Gasteiger partial charge in [-0.3, -0.25) is 4.79 Å². The Labute approximate surface area is 86.3 Å². The second kappa shape index (κ2) is 4.24. The number of carboxylic acids is 1. The lowest BCUT2D eigenvalue weighted by Crippen LogP contribution is -2.03. The third-order valence-corrected chi connectivity index (χ3v) is 2.34. The second-order valence-electron chi connectivity index (χ2n) is 2.90. The maximum absolute atomic E-state index is 10.9. The minimum atomic E-state index is -1.03. The van der Waals surface area contributed by atoms with Crippen molar-refractivity contribution in [3.8, 4) is 0 Å². The number of carboxylic acid groups (broad SMARTS) is 1. The van der Waals surface area contributed by atoms with Crippen LogP contribution in [0.3, 0.4) is 0 Å². The van der Waals surface area contributed by atoms with Gasteiger partial charge in [0.2, 0.25) is 0 Å². The van der Waals surface area contributed by atoms with Gasteiger partial charge >= 0.3 is 5.97 Å². The van der Waals surface area contributed by atoms with E-state index in [0.717, 1.165) is 0 Å². The largest absolute Gasteiger partial charge is 0.478 e. The van der Waals surface area contributed by atoms with Crippen LogP contribution in [0.25, 0.3) is 0 Å². The summed E-state index contributed by atoms with van der Waals surface area (Å²) in [6, 6.07) is 6.06. The van der Waals surface area contributed by atoms with Crippen LogP contribution >= 0.6 is 11.6 Å². The van der Waals surface area contributed by atoms with E-state index >= 15 is 0 Å². The Hall–Kier alpha value is -1.35. The third kappa shape index (κ3) is 2.33. The topological polar surface area (TPSA) is 54.4 Å². The molecule has 1 unspecified atom stereocenters. The molecule has 0 aliphatic rings. The number of benzene rings is 1. The molecule has 0 spiro atoms. The second-order valence-corrected chi connectivity index (χ2v) is 3.34. The van der Waals surface area contributed by atoms with Crippen molar-refractivity contribution in [2.45, 2.75) is 12.3 Å². The van der Waals surface area contributed by atoms with E-state index in [9.17, 15) is 9.59 Å². The average Bonchev–Trinajstić information content (AvgIpc) is 2.16. The molecule has 0 saturated heterocycles. The summed E-state index contributed by atoms with van der Waals surface area (Å²) >= 11 is 5.78. The lowest BCUT2D eigenvalue weighted by atomic mass is 10.1. The standard InChI is InChI=1S/C10H9ClO3/c1-6(12)9(11)7-3-2-4-8(5-7)10(13)14/h2-5,9H,1H3,(H,13,14). The third-order valence-electron chi connectivity index (χ3n) is 1.78. The molecule has 3 nitrogen and oxygen atoms in total. The summed E-state index contributed by atoms with van der Waals surface area (Å²) in [5.41, 5.74) is 0.647. The van der Waals surface area contributed by atoms with Crippen molar-refractivity contribution < 1.29 is 14.7 Å². The highest BCUT2D eigenvalue weighted by atomic mass is 35.5. The number of rotatable bonds is 3. The van der Waals surface area contributed by atoms with Crippen LogP contribution in [0.2, 0.25) is 0 Å².